The second kappa shape index (κ2) is 11.5. The van der Waals surface area contributed by atoms with Gasteiger partial charge < -0.3 is 21.1 Å². The van der Waals surface area contributed by atoms with Gasteiger partial charge in [-0.25, -0.2) is 10.2 Å². The van der Waals surface area contributed by atoms with Crippen molar-refractivity contribution in [2.24, 2.45) is 16.5 Å². The summed E-state index contributed by atoms with van der Waals surface area (Å²) in [7, 11) is -4.04. The number of carbonyl (C=O) groups is 1. The van der Waals surface area contributed by atoms with Crippen LogP contribution in [0.3, 0.4) is 0 Å². The maximum absolute atomic E-state index is 12.7. The van der Waals surface area contributed by atoms with Gasteiger partial charge in [0.2, 0.25) is 0 Å². The Morgan fingerprint density at radius 1 is 1.10 bits per heavy atom. The van der Waals surface area contributed by atoms with Crippen molar-refractivity contribution in [1.82, 2.24) is 0 Å². The zero-order valence-electron chi connectivity index (χ0n) is 16.4. The van der Waals surface area contributed by atoms with Crippen molar-refractivity contribution in [2.45, 2.75) is 25.2 Å². The lowest BCUT2D eigenvalue weighted by Gasteiger charge is -2.19. The van der Waals surface area contributed by atoms with Gasteiger partial charge in [0.15, 0.2) is 5.96 Å². The van der Waals surface area contributed by atoms with E-state index >= 15 is 0 Å². The Kier molecular flexibility index (Phi) is 9.01. The molecule has 6 N–H and O–H groups in total. The highest BCUT2D eigenvalue weighted by atomic mass is 31.2. The van der Waals surface area contributed by atoms with Gasteiger partial charge in [0, 0.05) is 0 Å². The number of carboxylic acids is 1. The minimum Gasteiger partial charge on any atom is -0.481 e. The maximum Gasteiger partial charge on any atom is 0.359 e. The number of benzene rings is 2. The number of rotatable bonds is 12. The van der Waals surface area contributed by atoms with Crippen molar-refractivity contribution in [3.63, 3.8) is 0 Å². The van der Waals surface area contributed by atoms with Crippen LogP contribution in [0.25, 0.3) is 0 Å². The molecule has 0 amide bonds. The molecule has 2 aromatic rings. The van der Waals surface area contributed by atoms with E-state index in [2.05, 4.69) is 9.67 Å². The Hall–Kier alpha value is -2.71. The highest BCUT2D eigenvalue weighted by molar-refractivity contribution is 7.53. The number of aryl methyl sites for hydroxylation is 1. The SMILES string of the molecule is NC(N)=Nc1cccc(C(CP(=O)(OO)OCCCCc2ccccc2)C(=O)O)c1. The van der Waals surface area contributed by atoms with Crippen molar-refractivity contribution < 1.29 is 28.9 Å². The van der Waals surface area contributed by atoms with Gasteiger partial charge in [-0.05, 0) is 42.5 Å². The minimum atomic E-state index is -4.04. The minimum absolute atomic E-state index is 0.0606. The Morgan fingerprint density at radius 2 is 1.83 bits per heavy atom. The Morgan fingerprint density at radius 3 is 2.47 bits per heavy atom. The molecule has 2 rings (SSSR count). The molecule has 0 heterocycles. The topological polar surface area (TPSA) is 157 Å². The van der Waals surface area contributed by atoms with Gasteiger partial charge in [-0.2, -0.15) is 4.67 Å². The monoisotopic (exact) mass is 435 g/mol. The third-order valence-corrected chi connectivity index (χ3v) is 5.99. The number of unbranched alkanes of at least 4 members (excludes halogenated alkanes) is 1. The Labute approximate surface area is 174 Å². The molecule has 0 saturated heterocycles. The van der Waals surface area contributed by atoms with Crippen molar-refractivity contribution in [3.8, 4) is 0 Å². The summed E-state index contributed by atoms with van der Waals surface area (Å²) in [6.07, 6.45) is 1.63. The fourth-order valence-electron chi connectivity index (χ4n) is 2.90. The summed E-state index contributed by atoms with van der Waals surface area (Å²) in [6, 6.07) is 16.0. The lowest BCUT2D eigenvalue weighted by molar-refractivity contribution is -0.150. The highest BCUT2D eigenvalue weighted by Gasteiger charge is 2.34. The molecule has 0 spiro atoms. The number of nitrogens with zero attached hydrogens (tertiary/aromatic N) is 1. The standard InChI is InChI=1S/C20H26N3O6P/c21-20(22)23-17-11-6-10-16(13-17)18(19(24)25)14-30(27,29-26)28-12-5-4-9-15-7-2-1-3-8-15/h1-3,6-8,10-11,13,18,26H,4-5,9,12,14H2,(H,24,25)(H4,21,22,23). The molecule has 0 fully saturated rings. The van der Waals surface area contributed by atoms with Crippen molar-refractivity contribution >= 4 is 25.2 Å². The van der Waals surface area contributed by atoms with Gasteiger partial charge >= 0.3 is 13.6 Å². The van der Waals surface area contributed by atoms with E-state index in [0.29, 0.717) is 17.7 Å². The summed E-state index contributed by atoms with van der Waals surface area (Å²) in [5, 5.41) is 18.7. The molecule has 2 atom stereocenters. The molecule has 9 nitrogen and oxygen atoms in total. The Balaban J connectivity index is 1.98. The van der Waals surface area contributed by atoms with E-state index in [4.69, 9.17) is 21.2 Å². The van der Waals surface area contributed by atoms with Crippen LogP contribution in [-0.2, 0) is 25.0 Å². The van der Waals surface area contributed by atoms with E-state index in [9.17, 15) is 14.5 Å². The largest absolute Gasteiger partial charge is 0.481 e. The van der Waals surface area contributed by atoms with Gasteiger partial charge in [-0.3, -0.25) is 9.36 Å². The molecule has 10 heteroatoms. The van der Waals surface area contributed by atoms with E-state index in [1.807, 2.05) is 30.3 Å². The number of carboxylic acid groups (broad SMARTS) is 1. The number of aliphatic imine (C=N–C) groups is 1. The number of nitrogens with two attached hydrogens (primary N) is 2. The second-order valence-electron chi connectivity index (χ2n) is 6.67. The second-order valence-corrected chi connectivity index (χ2v) is 8.68. The average Bonchev–Trinajstić information content (AvgIpc) is 2.72. The van der Waals surface area contributed by atoms with Gasteiger partial charge in [-0.1, -0.05) is 42.5 Å². The Bertz CT molecular complexity index is 902. The van der Waals surface area contributed by atoms with E-state index in [0.717, 1.165) is 12.8 Å². The van der Waals surface area contributed by atoms with Crippen LogP contribution in [0.2, 0.25) is 0 Å². The molecule has 0 radical (unpaired) electrons. The molecule has 0 aromatic heterocycles. The van der Waals surface area contributed by atoms with E-state index in [1.54, 1.807) is 12.1 Å². The van der Waals surface area contributed by atoms with E-state index in [1.165, 1.54) is 17.7 Å². The lowest BCUT2D eigenvalue weighted by atomic mass is 10.0. The first-order chi connectivity index (χ1) is 14.3. The number of hydrogen-bond donors (Lipinski definition) is 4. The van der Waals surface area contributed by atoms with Crippen LogP contribution in [0, 0.1) is 0 Å². The quantitative estimate of drug-likeness (QED) is 0.0985. The van der Waals surface area contributed by atoms with Crippen LogP contribution < -0.4 is 11.5 Å². The fourth-order valence-corrected chi connectivity index (χ4v) is 4.34. The van der Waals surface area contributed by atoms with Crippen LogP contribution in [0.15, 0.2) is 59.6 Å². The van der Waals surface area contributed by atoms with Crippen LogP contribution in [-0.4, -0.2) is 35.1 Å². The molecule has 2 aromatic carbocycles. The molecule has 162 valence electrons. The summed E-state index contributed by atoms with van der Waals surface area (Å²) in [5.74, 6) is -2.68. The molecule has 0 aliphatic heterocycles. The number of aliphatic carboxylic acids is 1. The molecule has 0 aliphatic rings. The third kappa shape index (κ3) is 7.61. The molecule has 30 heavy (non-hydrogen) atoms. The third-order valence-electron chi connectivity index (χ3n) is 4.35. The predicted octanol–water partition coefficient (Wildman–Crippen LogP) is 3.48. The first kappa shape index (κ1) is 23.6. The van der Waals surface area contributed by atoms with Crippen LogP contribution >= 0.6 is 7.60 Å². The highest BCUT2D eigenvalue weighted by Crippen LogP contribution is 2.50. The number of guanidine groups is 1. The van der Waals surface area contributed by atoms with Gasteiger partial charge in [0.1, 0.15) is 0 Å². The first-order valence-electron chi connectivity index (χ1n) is 9.36. The smallest absolute Gasteiger partial charge is 0.359 e. The zero-order chi connectivity index (χ0) is 22.0. The molecule has 0 saturated carbocycles. The van der Waals surface area contributed by atoms with Crippen LogP contribution in [0.4, 0.5) is 5.69 Å². The number of hydrogen-bond acceptors (Lipinski definition) is 6. The molecule has 0 bridgehead atoms. The van der Waals surface area contributed by atoms with Crippen LogP contribution in [0.5, 0.6) is 0 Å². The lowest BCUT2D eigenvalue weighted by Crippen LogP contribution is -2.22. The van der Waals surface area contributed by atoms with Gasteiger partial charge in [0.05, 0.1) is 24.4 Å². The summed E-state index contributed by atoms with van der Waals surface area (Å²) in [4.78, 5) is 15.6. The van der Waals surface area contributed by atoms with Gasteiger partial charge in [0.25, 0.3) is 0 Å². The first-order valence-corrected chi connectivity index (χ1v) is 11.1. The summed E-state index contributed by atoms with van der Waals surface area (Å²) < 4.78 is 22.1. The molecular formula is C20H26N3O6P. The van der Waals surface area contributed by atoms with Crippen molar-refractivity contribution in [3.05, 3.63) is 65.7 Å². The van der Waals surface area contributed by atoms with Crippen LogP contribution in [0.1, 0.15) is 29.9 Å². The zero-order valence-corrected chi connectivity index (χ0v) is 17.3. The normalized spacial score (nSPS) is 13.9. The van der Waals surface area contributed by atoms with E-state index < -0.39 is 25.6 Å². The summed E-state index contributed by atoms with van der Waals surface area (Å²) in [5.41, 5.74) is 12.5. The summed E-state index contributed by atoms with van der Waals surface area (Å²) >= 11 is 0. The molecule has 0 aliphatic carbocycles. The van der Waals surface area contributed by atoms with Crippen molar-refractivity contribution in [1.29, 1.82) is 0 Å². The van der Waals surface area contributed by atoms with E-state index in [-0.39, 0.29) is 12.6 Å². The van der Waals surface area contributed by atoms with Gasteiger partial charge in [-0.15, -0.1) is 0 Å². The molecular weight excluding hydrogens is 409 g/mol. The fraction of sp³-hybridized carbons (Fsp3) is 0.300. The summed E-state index contributed by atoms with van der Waals surface area (Å²) in [6.45, 7) is 0.0606. The average molecular weight is 435 g/mol. The van der Waals surface area contributed by atoms with Crippen molar-refractivity contribution in [2.75, 3.05) is 12.8 Å². The maximum atomic E-state index is 12.7. The predicted molar refractivity (Wildman–Crippen MR) is 114 cm³/mol. The molecule has 2 unspecified atom stereocenters.